The van der Waals surface area contributed by atoms with Gasteiger partial charge in [0.05, 0.1) is 17.5 Å². The van der Waals surface area contributed by atoms with Crippen LogP contribution in [0.15, 0.2) is 22.7 Å². The van der Waals surface area contributed by atoms with Crippen LogP contribution in [0.1, 0.15) is 27.2 Å². The number of benzene rings is 1. The second-order valence-electron chi connectivity index (χ2n) is 4.45. The fraction of sp³-hybridized carbons (Fsp3) is 0.429. The average Bonchev–Trinajstić information content (AvgIpc) is 2.38. The molecule has 0 radical (unpaired) electrons. The Kier molecular flexibility index (Phi) is 6.67. The molecule has 0 aliphatic rings. The van der Waals surface area contributed by atoms with Crippen molar-refractivity contribution in [2.75, 3.05) is 17.2 Å². The van der Waals surface area contributed by atoms with Gasteiger partial charge in [-0.15, -0.1) is 0 Å². The number of carbonyl (C=O) groups is 2. The van der Waals surface area contributed by atoms with E-state index in [4.69, 9.17) is 4.74 Å². The predicted molar refractivity (Wildman–Crippen MR) is 82.8 cm³/mol. The Balaban J connectivity index is 2.72. The topological polar surface area (TPSA) is 67.4 Å². The van der Waals surface area contributed by atoms with Crippen LogP contribution in [0, 0.1) is 0 Å². The molecule has 0 saturated heterocycles. The smallest absolute Gasteiger partial charge is 0.250 e. The number of anilines is 2. The van der Waals surface area contributed by atoms with Crippen LogP contribution < -0.4 is 10.6 Å². The summed E-state index contributed by atoms with van der Waals surface area (Å²) in [6.07, 6.45) is 0.888. The zero-order valence-electron chi connectivity index (χ0n) is 11.8. The summed E-state index contributed by atoms with van der Waals surface area (Å²) in [6.45, 7) is 5.31. The molecule has 0 fully saturated rings. The molecule has 1 atom stereocenters. The van der Waals surface area contributed by atoms with Crippen LogP contribution >= 0.6 is 15.9 Å². The molecule has 2 N–H and O–H groups in total. The van der Waals surface area contributed by atoms with Gasteiger partial charge in [0.15, 0.2) is 0 Å². The molecule has 110 valence electrons. The molecule has 5 nitrogen and oxygen atoms in total. The van der Waals surface area contributed by atoms with Gasteiger partial charge in [0.2, 0.25) is 11.8 Å². The lowest BCUT2D eigenvalue weighted by molar-refractivity contribution is -0.122. The van der Waals surface area contributed by atoms with Crippen molar-refractivity contribution in [3.63, 3.8) is 0 Å². The first-order chi connectivity index (χ1) is 9.42. The summed E-state index contributed by atoms with van der Waals surface area (Å²) in [7, 11) is 0. The van der Waals surface area contributed by atoms with Gasteiger partial charge in [-0.2, -0.15) is 0 Å². The van der Waals surface area contributed by atoms with Gasteiger partial charge < -0.3 is 15.4 Å². The lowest BCUT2D eigenvalue weighted by Gasteiger charge is -2.13. The number of hydrogen-bond acceptors (Lipinski definition) is 3. The second kappa shape index (κ2) is 8.01. The van der Waals surface area contributed by atoms with E-state index in [2.05, 4.69) is 26.6 Å². The quantitative estimate of drug-likeness (QED) is 0.834. The molecule has 0 aliphatic heterocycles. The third-order valence-electron chi connectivity index (χ3n) is 2.64. The van der Waals surface area contributed by atoms with Gasteiger partial charge in [0.25, 0.3) is 0 Å². The molecule has 0 bridgehead atoms. The molecule has 2 amide bonds. The lowest BCUT2D eigenvalue weighted by atomic mass is 10.2. The van der Waals surface area contributed by atoms with Crippen LogP contribution in [0.5, 0.6) is 0 Å². The van der Waals surface area contributed by atoms with Gasteiger partial charge in [0.1, 0.15) is 6.61 Å². The summed E-state index contributed by atoms with van der Waals surface area (Å²) in [5.74, 6) is -0.450. The molecule has 0 heterocycles. The molecule has 1 aromatic rings. The van der Waals surface area contributed by atoms with E-state index in [0.29, 0.717) is 11.4 Å². The molecule has 0 unspecified atom stereocenters. The molecular formula is C14H19BrN2O3. The summed E-state index contributed by atoms with van der Waals surface area (Å²) in [6, 6.07) is 5.24. The Bertz CT molecular complexity index is 491. The van der Waals surface area contributed by atoms with E-state index < -0.39 is 0 Å². The van der Waals surface area contributed by atoms with Crippen LogP contribution in [0.4, 0.5) is 11.4 Å². The van der Waals surface area contributed by atoms with Crippen LogP contribution in [0.3, 0.4) is 0 Å². The number of ether oxygens (including phenoxy) is 1. The van der Waals surface area contributed by atoms with E-state index in [-0.39, 0.29) is 24.5 Å². The first kappa shape index (κ1) is 16.7. The molecular weight excluding hydrogens is 324 g/mol. The fourth-order valence-corrected chi connectivity index (χ4v) is 1.80. The lowest BCUT2D eigenvalue weighted by Crippen LogP contribution is -2.22. The van der Waals surface area contributed by atoms with Crippen molar-refractivity contribution in [1.82, 2.24) is 0 Å². The Labute approximate surface area is 127 Å². The first-order valence-electron chi connectivity index (χ1n) is 6.41. The van der Waals surface area contributed by atoms with E-state index in [1.54, 1.807) is 18.2 Å². The highest BCUT2D eigenvalue weighted by Crippen LogP contribution is 2.26. The second-order valence-corrected chi connectivity index (χ2v) is 5.36. The summed E-state index contributed by atoms with van der Waals surface area (Å²) < 4.78 is 6.18. The minimum Gasteiger partial charge on any atom is -0.369 e. The zero-order valence-corrected chi connectivity index (χ0v) is 13.4. The Morgan fingerprint density at radius 1 is 1.30 bits per heavy atom. The molecule has 0 aliphatic carbocycles. The number of halogens is 1. The van der Waals surface area contributed by atoms with Gasteiger partial charge >= 0.3 is 0 Å². The standard InChI is InChI=1S/C14H19BrN2O3/c1-4-9(2)20-8-14(19)17-13-7-11(15)5-6-12(13)16-10(3)18/h5-7,9H,4,8H2,1-3H3,(H,16,18)(H,17,19)/t9-/m1/s1. The van der Waals surface area contributed by atoms with E-state index in [9.17, 15) is 9.59 Å². The first-order valence-corrected chi connectivity index (χ1v) is 7.20. The van der Waals surface area contributed by atoms with Gasteiger partial charge in [-0.05, 0) is 31.5 Å². The molecule has 0 spiro atoms. The van der Waals surface area contributed by atoms with E-state index in [0.717, 1.165) is 10.9 Å². The highest BCUT2D eigenvalue weighted by Gasteiger charge is 2.10. The Morgan fingerprint density at radius 3 is 2.60 bits per heavy atom. The maximum Gasteiger partial charge on any atom is 0.250 e. The van der Waals surface area contributed by atoms with Crippen molar-refractivity contribution in [1.29, 1.82) is 0 Å². The van der Waals surface area contributed by atoms with Crippen molar-refractivity contribution >= 4 is 39.1 Å². The van der Waals surface area contributed by atoms with Gasteiger partial charge in [-0.1, -0.05) is 22.9 Å². The molecule has 0 saturated carbocycles. The monoisotopic (exact) mass is 342 g/mol. The predicted octanol–water partition coefficient (Wildman–Crippen LogP) is 3.16. The zero-order chi connectivity index (χ0) is 15.1. The van der Waals surface area contributed by atoms with E-state index in [1.165, 1.54) is 6.92 Å². The maximum atomic E-state index is 11.8. The van der Waals surface area contributed by atoms with Crippen LogP contribution in [-0.4, -0.2) is 24.5 Å². The minimum atomic E-state index is -0.255. The maximum absolute atomic E-state index is 11.8. The van der Waals surface area contributed by atoms with Crippen molar-refractivity contribution in [3.05, 3.63) is 22.7 Å². The van der Waals surface area contributed by atoms with Gasteiger partial charge in [-0.25, -0.2) is 0 Å². The number of hydrogen-bond donors (Lipinski definition) is 2. The van der Waals surface area contributed by atoms with Gasteiger partial charge in [0, 0.05) is 11.4 Å². The van der Waals surface area contributed by atoms with E-state index >= 15 is 0 Å². The average molecular weight is 343 g/mol. The summed E-state index contributed by atoms with van der Waals surface area (Å²) in [5, 5.41) is 5.39. The minimum absolute atomic E-state index is 0.0129. The van der Waals surface area contributed by atoms with Crippen LogP contribution in [0.2, 0.25) is 0 Å². The highest BCUT2D eigenvalue weighted by molar-refractivity contribution is 9.10. The fourth-order valence-electron chi connectivity index (χ4n) is 1.44. The third kappa shape index (κ3) is 5.71. The Hall–Kier alpha value is -1.40. The van der Waals surface area contributed by atoms with E-state index in [1.807, 2.05) is 13.8 Å². The summed E-state index contributed by atoms with van der Waals surface area (Å²) >= 11 is 3.33. The van der Waals surface area contributed by atoms with Crippen molar-refractivity contribution in [3.8, 4) is 0 Å². The molecule has 1 rings (SSSR count). The largest absolute Gasteiger partial charge is 0.369 e. The summed E-state index contributed by atoms with van der Waals surface area (Å²) in [5.41, 5.74) is 1.09. The van der Waals surface area contributed by atoms with Crippen molar-refractivity contribution in [2.45, 2.75) is 33.3 Å². The number of nitrogens with one attached hydrogen (secondary N) is 2. The van der Waals surface area contributed by atoms with Crippen molar-refractivity contribution in [2.24, 2.45) is 0 Å². The number of rotatable bonds is 6. The van der Waals surface area contributed by atoms with Crippen LogP contribution in [-0.2, 0) is 14.3 Å². The SMILES string of the molecule is CC[C@@H](C)OCC(=O)Nc1cc(Br)ccc1NC(C)=O. The number of carbonyl (C=O) groups excluding carboxylic acids is 2. The summed E-state index contributed by atoms with van der Waals surface area (Å²) in [4.78, 5) is 22.9. The van der Waals surface area contributed by atoms with Crippen molar-refractivity contribution < 1.29 is 14.3 Å². The molecule has 20 heavy (non-hydrogen) atoms. The Morgan fingerprint density at radius 2 is 2.00 bits per heavy atom. The molecule has 1 aromatic carbocycles. The normalized spacial score (nSPS) is 11.8. The van der Waals surface area contributed by atoms with Gasteiger partial charge in [-0.3, -0.25) is 9.59 Å². The number of amides is 2. The molecule has 0 aromatic heterocycles. The molecule has 6 heteroatoms. The third-order valence-corrected chi connectivity index (χ3v) is 3.13. The van der Waals surface area contributed by atoms with Crippen LogP contribution in [0.25, 0.3) is 0 Å². The highest BCUT2D eigenvalue weighted by atomic mass is 79.9.